The minimum Gasteiger partial charge on any atom is -0.327 e. The average molecular weight is 225 g/mol. The van der Waals surface area contributed by atoms with Gasteiger partial charge in [0.05, 0.1) is 10.8 Å². The van der Waals surface area contributed by atoms with Crippen molar-refractivity contribution in [1.82, 2.24) is 0 Å². The van der Waals surface area contributed by atoms with Crippen molar-refractivity contribution < 1.29 is 4.21 Å². The maximum absolute atomic E-state index is 11.8. The topological polar surface area (TPSA) is 43.1 Å². The fourth-order valence-electron chi connectivity index (χ4n) is 1.34. The molecule has 0 radical (unpaired) electrons. The van der Waals surface area contributed by atoms with E-state index >= 15 is 0 Å². The highest BCUT2D eigenvalue weighted by atomic mass is 32.2. The largest absolute Gasteiger partial charge is 0.327 e. The van der Waals surface area contributed by atoms with Gasteiger partial charge in [-0.05, 0) is 30.5 Å². The maximum Gasteiger partial charge on any atom is 0.0545 e. The molecule has 0 bridgehead atoms. The van der Waals surface area contributed by atoms with Crippen molar-refractivity contribution in [2.24, 2.45) is 5.73 Å². The smallest absolute Gasteiger partial charge is 0.0545 e. The highest BCUT2D eigenvalue weighted by Gasteiger charge is 2.07. The Bertz CT molecular complexity index is 330. The summed E-state index contributed by atoms with van der Waals surface area (Å²) >= 11 is 0. The van der Waals surface area contributed by atoms with Crippen molar-refractivity contribution in [2.45, 2.75) is 37.6 Å². The van der Waals surface area contributed by atoms with Crippen LogP contribution in [0.1, 0.15) is 32.3 Å². The third-order valence-electron chi connectivity index (χ3n) is 2.22. The van der Waals surface area contributed by atoms with Crippen LogP contribution in [0.2, 0.25) is 0 Å². The van der Waals surface area contributed by atoms with Crippen LogP contribution in [0, 0.1) is 0 Å². The molecule has 84 valence electrons. The van der Waals surface area contributed by atoms with Gasteiger partial charge in [0.2, 0.25) is 0 Å². The van der Waals surface area contributed by atoms with E-state index in [9.17, 15) is 4.21 Å². The molecule has 2 atom stereocenters. The first-order valence-corrected chi connectivity index (χ1v) is 6.56. The summed E-state index contributed by atoms with van der Waals surface area (Å²) < 4.78 is 11.8. The molecule has 2 nitrogen and oxygen atoms in total. The summed E-state index contributed by atoms with van der Waals surface area (Å²) in [5, 5.41) is 0. The molecule has 1 aromatic rings. The van der Waals surface area contributed by atoms with E-state index < -0.39 is 10.8 Å². The van der Waals surface area contributed by atoms with E-state index in [0.29, 0.717) is 11.7 Å². The first kappa shape index (κ1) is 12.4. The summed E-state index contributed by atoms with van der Waals surface area (Å²) in [4.78, 5) is 0.872. The lowest BCUT2D eigenvalue weighted by Gasteiger charge is -2.08. The molecule has 1 rings (SSSR count). The van der Waals surface area contributed by atoms with Crippen LogP contribution in [0.3, 0.4) is 0 Å². The van der Waals surface area contributed by atoms with Gasteiger partial charge in [0.15, 0.2) is 0 Å². The van der Waals surface area contributed by atoms with Gasteiger partial charge in [-0.1, -0.05) is 26.0 Å². The monoisotopic (exact) mass is 225 g/mol. The van der Waals surface area contributed by atoms with Gasteiger partial charge in [-0.15, -0.1) is 0 Å². The second kappa shape index (κ2) is 5.42. The summed E-state index contributed by atoms with van der Waals surface area (Å²) in [5.41, 5.74) is 6.89. The van der Waals surface area contributed by atoms with Gasteiger partial charge >= 0.3 is 0 Å². The zero-order chi connectivity index (χ0) is 11.4. The second-order valence-corrected chi connectivity index (χ2v) is 5.71. The SMILES string of the molecule is CC(N)CS(=O)c1ccc(C(C)C)cc1. The Morgan fingerprint density at radius 2 is 1.73 bits per heavy atom. The molecule has 15 heavy (non-hydrogen) atoms. The van der Waals surface area contributed by atoms with Crippen molar-refractivity contribution in [2.75, 3.05) is 5.75 Å². The van der Waals surface area contributed by atoms with Crippen LogP contribution in [-0.2, 0) is 10.8 Å². The van der Waals surface area contributed by atoms with Crippen LogP contribution in [-0.4, -0.2) is 16.0 Å². The standard InChI is InChI=1S/C12H19NOS/c1-9(2)11-4-6-12(7-5-11)15(14)8-10(3)13/h4-7,9-10H,8,13H2,1-3H3. The van der Waals surface area contributed by atoms with Crippen molar-refractivity contribution in [3.05, 3.63) is 29.8 Å². The third kappa shape index (κ3) is 3.76. The third-order valence-corrected chi connectivity index (χ3v) is 3.85. The summed E-state index contributed by atoms with van der Waals surface area (Å²) in [5.74, 6) is 1.04. The zero-order valence-corrected chi connectivity index (χ0v) is 10.4. The molecule has 0 amide bonds. The van der Waals surface area contributed by atoms with Gasteiger partial charge < -0.3 is 5.73 Å². The van der Waals surface area contributed by atoms with Crippen LogP contribution in [0.4, 0.5) is 0 Å². The molecule has 0 aliphatic rings. The number of rotatable bonds is 4. The lowest BCUT2D eigenvalue weighted by molar-refractivity contribution is 0.676. The van der Waals surface area contributed by atoms with Gasteiger partial charge in [0.25, 0.3) is 0 Å². The van der Waals surface area contributed by atoms with Gasteiger partial charge in [0.1, 0.15) is 0 Å². The first-order valence-electron chi connectivity index (χ1n) is 5.24. The number of benzene rings is 1. The highest BCUT2D eigenvalue weighted by Crippen LogP contribution is 2.16. The molecule has 0 aliphatic heterocycles. The van der Waals surface area contributed by atoms with Crippen LogP contribution in [0.25, 0.3) is 0 Å². The zero-order valence-electron chi connectivity index (χ0n) is 9.57. The molecular weight excluding hydrogens is 206 g/mol. The van der Waals surface area contributed by atoms with Crippen molar-refractivity contribution >= 4 is 10.8 Å². The fourth-order valence-corrected chi connectivity index (χ4v) is 2.45. The van der Waals surface area contributed by atoms with E-state index in [1.54, 1.807) is 0 Å². The van der Waals surface area contributed by atoms with Gasteiger partial charge in [-0.2, -0.15) is 0 Å². The summed E-state index contributed by atoms with van der Waals surface area (Å²) in [6.45, 7) is 6.17. The van der Waals surface area contributed by atoms with Crippen molar-refractivity contribution in [1.29, 1.82) is 0 Å². The van der Waals surface area contributed by atoms with E-state index in [1.165, 1.54) is 5.56 Å². The molecule has 1 aromatic carbocycles. The lowest BCUT2D eigenvalue weighted by atomic mass is 10.0. The van der Waals surface area contributed by atoms with Crippen LogP contribution >= 0.6 is 0 Å². The van der Waals surface area contributed by atoms with E-state index in [2.05, 4.69) is 13.8 Å². The molecule has 0 saturated heterocycles. The quantitative estimate of drug-likeness (QED) is 0.854. The highest BCUT2D eigenvalue weighted by molar-refractivity contribution is 7.85. The first-order chi connectivity index (χ1) is 7.00. The molecule has 2 unspecified atom stereocenters. The molecule has 0 saturated carbocycles. The number of hydrogen-bond donors (Lipinski definition) is 1. The van der Waals surface area contributed by atoms with Gasteiger partial charge in [0, 0.05) is 16.7 Å². The Morgan fingerprint density at radius 3 is 2.13 bits per heavy atom. The summed E-state index contributed by atoms with van der Waals surface area (Å²) in [6.07, 6.45) is 0. The van der Waals surface area contributed by atoms with Crippen molar-refractivity contribution in [3.8, 4) is 0 Å². The molecule has 2 N–H and O–H groups in total. The lowest BCUT2D eigenvalue weighted by Crippen LogP contribution is -2.22. The Hall–Kier alpha value is -0.670. The molecule has 0 heterocycles. The van der Waals surface area contributed by atoms with E-state index in [4.69, 9.17) is 5.73 Å². The Labute approximate surface area is 94.3 Å². The molecule has 0 spiro atoms. The predicted molar refractivity (Wildman–Crippen MR) is 65.5 cm³/mol. The van der Waals surface area contributed by atoms with Crippen molar-refractivity contribution in [3.63, 3.8) is 0 Å². The molecule has 0 fully saturated rings. The van der Waals surface area contributed by atoms with Crippen LogP contribution < -0.4 is 5.73 Å². The Morgan fingerprint density at radius 1 is 1.20 bits per heavy atom. The molecule has 0 aromatic heterocycles. The normalized spacial score (nSPS) is 15.3. The van der Waals surface area contributed by atoms with Gasteiger partial charge in [-0.25, -0.2) is 0 Å². The fraction of sp³-hybridized carbons (Fsp3) is 0.500. The van der Waals surface area contributed by atoms with Gasteiger partial charge in [-0.3, -0.25) is 4.21 Å². The maximum atomic E-state index is 11.8. The van der Waals surface area contributed by atoms with E-state index in [0.717, 1.165) is 4.90 Å². The molecule has 0 aliphatic carbocycles. The number of hydrogen-bond acceptors (Lipinski definition) is 2. The number of nitrogens with two attached hydrogens (primary N) is 1. The van der Waals surface area contributed by atoms with E-state index in [-0.39, 0.29) is 6.04 Å². The summed E-state index contributed by atoms with van der Waals surface area (Å²) in [7, 11) is -0.960. The van der Waals surface area contributed by atoms with Crippen LogP contribution in [0.5, 0.6) is 0 Å². The minimum atomic E-state index is -0.960. The summed E-state index contributed by atoms with van der Waals surface area (Å²) in [6, 6.07) is 7.94. The predicted octanol–water partition coefficient (Wildman–Crippen LogP) is 2.26. The van der Waals surface area contributed by atoms with E-state index in [1.807, 2.05) is 31.2 Å². The minimum absolute atomic E-state index is 0.0180. The second-order valence-electron chi connectivity index (χ2n) is 4.21. The Kier molecular flexibility index (Phi) is 4.48. The Balaban J connectivity index is 2.75. The average Bonchev–Trinajstić information content (AvgIpc) is 2.17. The molecule has 3 heteroatoms. The molecular formula is C12H19NOS. The van der Waals surface area contributed by atoms with Crippen LogP contribution in [0.15, 0.2) is 29.2 Å².